The van der Waals surface area contributed by atoms with E-state index in [-0.39, 0.29) is 5.91 Å². The van der Waals surface area contributed by atoms with Crippen molar-refractivity contribution in [3.8, 4) is 0 Å². The lowest BCUT2D eigenvalue weighted by molar-refractivity contribution is 0.0785. The van der Waals surface area contributed by atoms with Crippen LogP contribution in [0, 0.1) is 6.92 Å². The van der Waals surface area contributed by atoms with E-state index in [0.717, 1.165) is 36.5 Å². The summed E-state index contributed by atoms with van der Waals surface area (Å²) in [6.07, 6.45) is 2.26. The molecule has 0 aliphatic heterocycles. The molecule has 0 radical (unpaired) electrons. The second-order valence-electron chi connectivity index (χ2n) is 4.56. The number of hydrogen-bond donors (Lipinski definition) is 1. The molecule has 1 heterocycles. The molecule has 1 amide bonds. The second kappa shape index (κ2) is 4.73. The number of hydrogen-bond acceptors (Lipinski definition) is 3. The van der Waals surface area contributed by atoms with Crippen LogP contribution in [0.5, 0.6) is 0 Å². The van der Waals surface area contributed by atoms with Gasteiger partial charge in [-0.1, -0.05) is 0 Å². The maximum Gasteiger partial charge on any atom is 0.254 e. The molecule has 0 spiro atoms. The average molecular weight is 233 g/mol. The number of aromatic nitrogens is 1. The second-order valence-corrected chi connectivity index (χ2v) is 4.56. The summed E-state index contributed by atoms with van der Waals surface area (Å²) in [4.78, 5) is 18.4. The highest BCUT2D eigenvalue weighted by atomic mass is 16.2. The Hall–Kier alpha value is -1.58. The Bertz CT molecular complexity index is 427. The molecule has 4 nitrogen and oxygen atoms in total. The number of pyridine rings is 1. The molecule has 1 aliphatic carbocycles. The van der Waals surface area contributed by atoms with Crippen molar-refractivity contribution >= 4 is 11.7 Å². The predicted octanol–water partition coefficient (Wildman–Crippen LogP) is 2.06. The summed E-state index contributed by atoms with van der Waals surface area (Å²) >= 11 is 0. The number of nitrogens with one attached hydrogen (secondary N) is 1. The average Bonchev–Trinajstić information content (AvgIpc) is 3.10. The van der Waals surface area contributed by atoms with Gasteiger partial charge in [0.2, 0.25) is 0 Å². The van der Waals surface area contributed by atoms with Crippen molar-refractivity contribution in [2.45, 2.75) is 32.7 Å². The van der Waals surface area contributed by atoms with Crippen molar-refractivity contribution < 1.29 is 4.79 Å². The summed E-state index contributed by atoms with van der Waals surface area (Å²) in [6.45, 7) is 4.74. The third-order valence-corrected chi connectivity index (χ3v) is 2.97. The van der Waals surface area contributed by atoms with E-state index < -0.39 is 0 Å². The minimum Gasteiger partial charge on any atom is -0.370 e. The number of carbonyl (C=O) groups excluding carboxylic acids is 1. The van der Waals surface area contributed by atoms with E-state index in [4.69, 9.17) is 0 Å². The molecule has 1 fully saturated rings. The van der Waals surface area contributed by atoms with Crippen LogP contribution < -0.4 is 5.32 Å². The fraction of sp³-hybridized carbons (Fsp3) is 0.538. The van der Waals surface area contributed by atoms with Crippen LogP contribution in [0.15, 0.2) is 12.1 Å². The molecule has 0 saturated heterocycles. The summed E-state index contributed by atoms with van der Waals surface area (Å²) in [5.74, 6) is 0.872. The fourth-order valence-corrected chi connectivity index (χ4v) is 1.89. The van der Waals surface area contributed by atoms with Gasteiger partial charge < -0.3 is 10.2 Å². The molecule has 0 aromatic carbocycles. The van der Waals surface area contributed by atoms with Gasteiger partial charge in [-0.15, -0.1) is 0 Å². The predicted molar refractivity (Wildman–Crippen MR) is 68.3 cm³/mol. The third-order valence-electron chi connectivity index (χ3n) is 2.97. The van der Waals surface area contributed by atoms with Crippen LogP contribution in [0.4, 0.5) is 5.82 Å². The van der Waals surface area contributed by atoms with Crippen LogP contribution in [0.1, 0.15) is 35.8 Å². The lowest BCUT2D eigenvalue weighted by Crippen LogP contribution is -2.28. The zero-order chi connectivity index (χ0) is 12.4. The first-order valence-corrected chi connectivity index (χ1v) is 6.11. The van der Waals surface area contributed by atoms with Gasteiger partial charge in [-0.05, 0) is 38.8 Å². The normalized spacial score (nSPS) is 14.5. The van der Waals surface area contributed by atoms with Crippen LogP contribution in [0.2, 0.25) is 0 Å². The molecular weight excluding hydrogens is 214 g/mol. The number of aryl methyl sites for hydroxylation is 1. The Labute approximate surface area is 102 Å². The summed E-state index contributed by atoms with van der Waals surface area (Å²) in [5, 5.41) is 3.15. The zero-order valence-electron chi connectivity index (χ0n) is 10.7. The van der Waals surface area contributed by atoms with Gasteiger partial charge in [0.1, 0.15) is 5.82 Å². The van der Waals surface area contributed by atoms with Gasteiger partial charge in [-0.3, -0.25) is 4.79 Å². The van der Waals surface area contributed by atoms with E-state index >= 15 is 0 Å². The van der Waals surface area contributed by atoms with Crippen LogP contribution in [0.25, 0.3) is 0 Å². The van der Waals surface area contributed by atoms with E-state index in [1.165, 1.54) is 0 Å². The summed E-state index contributed by atoms with van der Waals surface area (Å²) in [5.41, 5.74) is 1.60. The number of nitrogens with zero attached hydrogens (tertiary/aromatic N) is 2. The van der Waals surface area contributed by atoms with Crippen LogP contribution in [-0.4, -0.2) is 35.4 Å². The number of rotatable bonds is 4. The van der Waals surface area contributed by atoms with Crippen molar-refractivity contribution in [2.24, 2.45) is 0 Å². The summed E-state index contributed by atoms with van der Waals surface area (Å²) < 4.78 is 0. The number of amides is 1. The van der Waals surface area contributed by atoms with Gasteiger partial charge in [0.05, 0.1) is 0 Å². The van der Waals surface area contributed by atoms with Crippen LogP contribution in [0.3, 0.4) is 0 Å². The summed E-state index contributed by atoms with van der Waals surface area (Å²) in [6, 6.07) is 4.12. The molecule has 1 N–H and O–H groups in total. The van der Waals surface area contributed by atoms with Crippen LogP contribution >= 0.6 is 0 Å². The van der Waals surface area contributed by atoms with Crippen molar-refractivity contribution in [2.75, 3.05) is 18.9 Å². The van der Waals surface area contributed by atoms with E-state index in [2.05, 4.69) is 10.3 Å². The first-order chi connectivity index (χ1) is 8.11. The standard InChI is InChI=1S/C13H19N3O/c1-4-14-12-8-10(7-9(2)15-12)13(17)16(3)11-5-6-11/h7-8,11H,4-6H2,1-3H3,(H,14,15). The Morgan fingerprint density at radius 1 is 1.53 bits per heavy atom. The Kier molecular flexibility index (Phi) is 3.31. The molecule has 1 aromatic rings. The Morgan fingerprint density at radius 3 is 2.82 bits per heavy atom. The molecule has 17 heavy (non-hydrogen) atoms. The van der Waals surface area contributed by atoms with Gasteiger partial charge in [0.25, 0.3) is 5.91 Å². The minimum absolute atomic E-state index is 0.0946. The minimum atomic E-state index is 0.0946. The van der Waals surface area contributed by atoms with E-state index in [1.807, 2.05) is 37.9 Å². The van der Waals surface area contributed by atoms with Gasteiger partial charge in [-0.2, -0.15) is 0 Å². The van der Waals surface area contributed by atoms with Gasteiger partial charge in [0.15, 0.2) is 0 Å². The van der Waals surface area contributed by atoms with Gasteiger partial charge in [0, 0.05) is 30.9 Å². The Balaban J connectivity index is 2.21. The van der Waals surface area contributed by atoms with Gasteiger partial charge in [-0.25, -0.2) is 4.98 Å². The highest BCUT2D eigenvalue weighted by molar-refractivity contribution is 5.95. The number of anilines is 1. The first-order valence-electron chi connectivity index (χ1n) is 6.11. The molecule has 0 bridgehead atoms. The highest BCUT2D eigenvalue weighted by Gasteiger charge is 2.30. The Morgan fingerprint density at radius 2 is 2.24 bits per heavy atom. The SMILES string of the molecule is CCNc1cc(C(=O)N(C)C2CC2)cc(C)n1. The summed E-state index contributed by atoms with van der Waals surface area (Å²) in [7, 11) is 1.88. The molecule has 1 aliphatic rings. The molecule has 2 rings (SSSR count). The van der Waals surface area contributed by atoms with Crippen LogP contribution in [-0.2, 0) is 0 Å². The quantitative estimate of drug-likeness (QED) is 0.865. The zero-order valence-corrected chi connectivity index (χ0v) is 10.7. The molecule has 0 unspecified atom stereocenters. The highest BCUT2D eigenvalue weighted by Crippen LogP contribution is 2.27. The molecule has 1 saturated carbocycles. The largest absolute Gasteiger partial charge is 0.370 e. The fourth-order valence-electron chi connectivity index (χ4n) is 1.89. The van der Waals surface area contributed by atoms with Crippen molar-refractivity contribution in [3.05, 3.63) is 23.4 Å². The maximum absolute atomic E-state index is 12.2. The monoisotopic (exact) mass is 233 g/mol. The third kappa shape index (κ3) is 2.75. The van der Waals surface area contributed by atoms with Crippen molar-refractivity contribution in [1.82, 2.24) is 9.88 Å². The van der Waals surface area contributed by atoms with E-state index in [1.54, 1.807) is 0 Å². The maximum atomic E-state index is 12.2. The van der Waals surface area contributed by atoms with E-state index in [0.29, 0.717) is 6.04 Å². The lowest BCUT2D eigenvalue weighted by Gasteiger charge is -2.17. The molecule has 4 heteroatoms. The topological polar surface area (TPSA) is 45.2 Å². The van der Waals surface area contributed by atoms with Crippen molar-refractivity contribution in [3.63, 3.8) is 0 Å². The van der Waals surface area contributed by atoms with E-state index in [9.17, 15) is 4.79 Å². The molecular formula is C13H19N3O. The smallest absolute Gasteiger partial charge is 0.254 e. The van der Waals surface area contributed by atoms with Crippen molar-refractivity contribution in [1.29, 1.82) is 0 Å². The first kappa shape index (κ1) is 11.9. The number of carbonyl (C=O) groups is 1. The lowest BCUT2D eigenvalue weighted by atomic mass is 10.2. The molecule has 92 valence electrons. The van der Waals surface area contributed by atoms with Gasteiger partial charge >= 0.3 is 0 Å². The molecule has 0 atom stereocenters. The molecule has 1 aromatic heterocycles.